The Labute approximate surface area is 129 Å². The zero-order valence-corrected chi connectivity index (χ0v) is 13.7. The maximum atomic E-state index is 5.26. The molecular weight excluding hydrogens is 314 g/mol. The molecule has 3 heteroatoms. The van der Waals surface area contributed by atoms with Crippen LogP contribution in [0.25, 0.3) is 0 Å². The first-order chi connectivity index (χ1) is 9.60. The second-order valence-electron chi connectivity index (χ2n) is 4.96. The van der Waals surface area contributed by atoms with E-state index >= 15 is 0 Å². The molecule has 0 saturated heterocycles. The molecule has 0 spiro atoms. The number of rotatable bonds is 5. The van der Waals surface area contributed by atoms with E-state index in [1.54, 1.807) is 7.11 Å². The summed E-state index contributed by atoms with van der Waals surface area (Å²) in [6.45, 7) is 5.13. The summed E-state index contributed by atoms with van der Waals surface area (Å²) in [5.74, 6) is 0.899. The second kappa shape index (κ2) is 6.91. The van der Waals surface area contributed by atoms with Gasteiger partial charge in [0.2, 0.25) is 0 Å². The van der Waals surface area contributed by atoms with Crippen molar-refractivity contribution in [3.05, 3.63) is 63.6 Å². The van der Waals surface area contributed by atoms with E-state index in [9.17, 15) is 0 Å². The van der Waals surface area contributed by atoms with Crippen molar-refractivity contribution in [3.63, 3.8) is 0 Å². The predicted octanol–water partition coefficient (Wildman–Crippen LogP) is 4.62. The van der Waals surface area contributed by atoms with E-state index in [1.807, 2.05) is 12.1 Å². The number of methoxy groups -OCH3 is 1. The van der Waals surface area contributed by atoms with Gasteiger partial charge in [0.05, 0.1) is 7.11 Å². The van der Waals surface area contributed by atoms with Crippen molar-refractivity contribution in [2.75, 3.05) is 7.11 Å². The number of aryl methyl sites for hydroxylation is 1. The highest BCUT2D eigenvalue weighted by atomic mass is 79.9. The lowest BCUT2D eigenvalue weighted by Crippen LogP contribution is -2.18. The Morgan fingerprint density at radius 1 is 1.20 bits per heavy atom. The van der Waals surface area contributed by atoms with Gasteiger partial charge >= 0.3 is 0 Å². The molecule has 0 saturated carbocycles. The van der Waals surface area contributed by atoms with Crippen LogP contribution in [0.2, 0.25) is 0 Å². The lowest BCUT2D eigenvalue weighted by molar-refractivity contribution is 0.413. The Hall–Kier alpha value is -1.32. The number of halogens is 1. The van der Waals surface area contributed by atoms with Crippen LogP contribution in [0.1, 0.15) is 29.7 Å². The summed E-state index contributed by atoms with van der Waals surface area (Å²) in [4.78, 5) is 0. The molecule has 0 aromatic heterocycles. The molecule has 2 aromatic carbocycles. The lowest BCUT2D eigenvalue weighted by Gasteiger charge is -2.15. The fraction of sp³-hybridized carbons (Fsp3) is 0.294. The third kappa shape index (κ3) is 3.84. The Balaban J connectivity index is 2.00. The zero-order valence-electron chi connectivity index (χ0n) is 12.1. The molecule has 0 radical (unpaired) electrons. The molecule has 0 fully saturated rings. The molecule has 20 heavy (non-hydrogen) atoms. The summed E-state index contributed by atoms with van der Waals surface area (Å²) >= 11 is 3.53. The SMILES string of the molecule is COc1cccc([C@H](C)NCc2ccc(Br)c(C)c2)c1. The van der Waals surface area contributed by atoms with Crippen molar-refractivity contribution in [1.29, 1.82) is 0 Å². The molecule has 2 nitrogen and oxygen atoms in total. The third-order valence-electron chi connectivity index (χ3n) is 3.43. The Kier molecular flexibility index (Phi) is 5.21. The second-order valence-corrected chi connectivity index (χ2v) is 5.82. The van der Waals surface area contributed by atoms with Gasteiger partial charge in [-0.2, -0.15) is 0 Å². The molecule has 2 rings (SSSR count). The van der Waals surface area contributed by atoms with E-state index in [2.05, 4.69) is 65.4 Å². The van der Waals surface area contributed by atoms with E-state index in [4.69, 9.17) is 4.74 Å². The van der Waals surface area contributed by atoms with Gasteiger partial charge in [-0.25, -0.2) is 0 Å². The lowest BCUT2D eigenvalue weighted by atomic mass is 10.1. The first kappa shape index (κ1) is 15.1. The molecule has 106 valence electrons. The van der Waals surface area contributed by atoms with E-state index in [1.165, 1.54) is 16.7 Å². The average Bonchev–Trinajstić information content (AvgIpc) is 2.48. The average molecular weight is 334 g/mol. The fourth-order valence-corrected chi connectivity index (χ4v) is 2.36. The highest BCUT2D eigenvalue weighted by Gasteiger charge is 2.06. The zero-order chi connectivity index (χ0) is 14.5. The van der Waals surface area contributed by atoms with Crippen LogP contribution < -0.4 is 10.1 Å². The van der Waals surface area contributed by atoms with Crippen LogP contribution in [0, 0.1) is 6.92 Å². The first-order valence-corrected chi connectivity index (χ1v) is 7.52. The summed E-state index contributed by atoms with van der Waals surface area (Å²) in [5.41, 5.74) is 3.79. The molecule has 0 amide bonds. The van der Waals surface area contributed by atoms with Gasteiger partial charge in [0.25, 0.3) is 0 Å². The Bertz CT molecular complexity index is 583. The van der Waals surface area contributed by atoms with Crippen LogP contribution in [0.4, 0.5) is 0 Å². The van der Waals surface area contributed by atoms with Crippen molar-refractivity contribution in [2.24, 2.45) is 0 Å². The van der Waals surface area contributed by atoms with E-state index in [0.29, 0.717) is 0 Å². The molecular formula is C17H20BrNO. The van der Waals surface area contributed by atoms with Gasteiger partial charge in [-0.15, -0.1) is 0 Å². The van der Waals surface area contributed by atoms with Crippen molar-refractivity contribution < 1.29 is 4.74 Å². The quantitative estimate of drug-likeness (QED) is 0.862. The van der Waals surface area contributed by atoms with Crippen molar-refractivity contribution in [1.82, 2.24) is 5.32 Å². The van der Waals surface area contributed by atoms with Gasteiger partial charge in [-0.05, 0) is 48.7 Å². The summed E-state index contributed by atoms with van der Waals surface area (Å²) in [6.07, 6.45) is 0. The first-order valence-electron chi connectivity index (χ1n) is 6.72. The summed E-state index contributed by atoms with van der Waals surface area (Å²) in [6, 6.07) is 14.9. The van der Waals surface area contributed by atoms with Crippen molar-refractivity contribution >= 4 is 15.9 Å². The highest BCUT2D eigenvalue weighted by Crippen LogP contribution is 2.20. The normalized spacial score (nSPS) is 12.2. The van der Waals surface area contributed by atoms with Gasteiger partial charge < -0.3 is 10.1 Å². The summed E-state index contributed by atoms with van der Waals surface area (Å²) in [5, 5.41) is 3.54. The van der Waals surface area contributed by atoms with E-state index in [0.717, 1.165) is 16.8 Å². The van der Waals surface area contributed by atoms with E-state index < -0.39 is 0 Å². The Morgan fingerprint density at radius 2 is 2.00 bits per heavy atom. The largest absolute Gasteiger partial charge is 0.497 e. The smallest absolute Gasteiger partial charge is 0.119 e. The van der Waals surface area contributed by atoms with Gasteiger partial charge in [-0.1, -0.05) is 40.2 Å². The predicted molar refractivity (Wildman–Crippen MR) is 87.1 cm³/mol. The standard InChI is InChI=1S/C17H20BrNO/c1-12-9-14(7-8-17(12)18)11-19-13(2)15-5-4-6-16(10-15)20-3/h4-10,13,19H,11H2,1-3H3/t13-/m0/s1. The van der Waals surface area contributed by atoms with E-state index in [-0.39, 0.29) is 6.04 Å². The maximum absolute atomic E-state index is 5.26. The molecule has 0 heterocycles. The minimum absolute atomic E-state index is 0.286. The number of benzene rings is 2. The van der Waals surface area contributed by atoms with Crippen LogP contribution in [-0.2, 0) is 6.54 Å². The van der Waals surface area contributed by atoms with Crippen LogP contribution in [-0.4, -0.2) is 7.11 Å². The van der Waals surface area contributed by atoms with Gasteiger partial charge in [0, 0.05) is 17.1 Å². The van der Waals surface area contributed by atoms with Gasteiger partial charge in [0.1, 0.15) is 5.75 Å². The summed E-state index contributed by atoms with van der Waals surface area (Å²) in [7, 11) is 1.70. The molecule has 0 unspecified atom stereocenters. The summed E-state index contributed by atoms with van der Waals surface area (Å²) < 4.78 is 6.42. The van der Waals surface area contributed by atoms with Crippen LogP contribution >= 0.6 is 15.9 Å². The van der Waals surface area contributed by atoms with Crippen LogP contribution in [0.15, 0.2) is 46.9 Å². The van der Waals surface area contributed by atoms with Gasteiger partial charge in [-0.3, -0.25) is 0 Å². The fourth-order valence-electron chi connectivity index (χ4n) is 2.12. The third-order valence-corrected chi connectivity index (χ3v) is 4.32. The number of hydrogen-bond donors (Lipinski definition) is 1. The topological polar surface area (TPSA) is 21.3 Å². The number of hydrogen-bond acceptors (Lipinski definition) is 2. The maximum Gasteiger partial charge on any atom is 0.119 e. The molecule has 2 aromatic rings. The highest BCUT2D eigenvalue weighted by molar-refractivity contribution is 9.10. The number of ether oxygens (including phenoxy) is 1. The Morgan fingerprint density at radius 3 is 2.70 bits per heavy atom. The minimum atomic E-state index is 0.286. The molecule has 1 atom stereocenters. The minimum Gasteiger partial charge on any atom is -0.497 e. The van der Waals surface area contributed by atoms with Gasteiger partial charge in [0.15, 0.2) is 0 Å². The molecule has 0 bridgehead atoms. The van der Waals surface area contributed by atoms with Crippen LogP contribution in [0.5, 0.6) is 5.75 Å². The molecule has 0 aliphatic heterocycles. The van der Waals surface area contributed by atoms with Crippen LogP contribution in [0.3, 0.4) is 0 Å². The van der Waals surface area contributed by atoms with Crippen molar-refractivity contribution in [2.45, 2.75) is 26.4 Å². The number of nitrogens with one attached hydrogen (secondary N) is 1. The molecule has 0 aliphatic carbocycles. The molecule has 1 N–H and O–H groups in total. The van der Waals surface area contributed by atoms with Crippen molar-refractivity contribution in [3.8, 4) is 5.75 Å². The molecule has 0 aliphatic rings. The monoisotopic (exact) mass is 333 g/mol.